The van der Waals surface area contributed by atoms with Crippen molar-refractivity contribution < 1.29 is 26.5 Å². The first-order valence-electron chi connectivity index (χ1n) is 4.96. The summed E-state index contributed by atoms with van der Waals surface area (Å²) in [6, 6.07) is 18.4. The molecule has 0 aliphatic heterocycles. The topological polar surface area (TPSA) is 32.3 Å². The quantitative estimate of drug-likeness (QED) is 0.628. The summed E-state index contributed by atoms with van der Waals surface area (Å²) in [6.45, 7) is 0. The summed E-state index contributed by atoms with van der Waals surface area (Å²) in [4.78, 5) is 13.0. The molecule has 98 valence electrons. The van der Waals surface area contributed by atoms with Crippen molar-refractivity contribution in [2.24, 2.45) is 0 Å². The molecular formula is C12H10CuO2PS2. The van der Waals surface area contributed by atoms with Gasteiger partial charge in [0, 0.05) is 4.90 Å². The zero-order chi connectivity index (χ0) is 12.1. The summed E-state index contributed by atoms with van der Waals surface area (Å²) in [5.74, 6) is 0.536. The van der Waals surface area contributed by atoms with Gasteiger partial charge in [-0.15, -0.1) is 0 Å². The van der Waals surface area contributed by atoms with Crippen LogP contribution in [0.2, 0.25) is 0 Å². The summed E-state index contributed by atoms with van der Waals surface area (Å²) < 4.78 is 5.34. The van der Waals surface area contributed by atoms with Crippen LogP contribution in [0.5, 0.6) is 5.75 Å². The van der Waals surface area contributed by atoms with E-state index in [1.165, 1.54) is 0 Å². The fourth-order valence-electron chi connectivity index (χ4n) is 1.24. The molecule has 2 rings (SSSR count). The molecule has 0 saturated heterocycles. The summed E-state index contributed by atoms with van der Waals surface area (Å²) >= 11 is 6.09. The van der Waals surface area contributed by atoms with Gasteiger partial charge in [0.05, 0.1) is 0 Å². The Morgan fingerprint density at radius 2 is 1.44 bits per heavy atom. The first-order chi connectivity index (χ1) is 8.16. The molecule has 0 aliphatic rings. The summed E-state index contributed by atoms with van der Waals surface area (Å²) in [6.07, 6.45) is 0. The van der Waals surface area contributed by atoms with Crippen LogP contribution in [0, 0.1) is 0 Å². The molecule has 6 heteroatoms. The summed E-state index contributed by atoms with van der Waals surface area (Å²) in [5.41, 5.74) is -3.14. The van der Waals surface area contributed by atoms with Crippen molar-refractivity contribution in [1.29, 1.82) is 0 Å². The van der Waals surface area contributed by atoms with E-state index in [1.54, 1.807) is 12.1 Å². The van der Waals surface area contributed by atoms with E-state index in [0.717, 1.165) is 16.3 Å². The zero-order valence-corrected chi connectivity index (χ0v) is 12.6. The second-order valence-electron chi connectivity index (χ2n) is 3.26. The minimum Gasteiger partial charge on any atom is -0.783 e. The minimum absolute atomic E-state index is 0. The smallest absolute Gasteiger partial charge is 0.783 e. The van der Waals surface area contributed by atoms with E-state index in [4.69, 9.17) is 16.3 Å². The molecule has 0 aliphatic carbocycles. The van der Waals surface area contributed by atoms with E-state index < -0.39 is 5.69 Å². The van der Waals surface area contributed by atoms with Gasteiger partial charge < -0.3 is 9.42 Å². The van der Waals surface area contributed by atoms with Crippen LogP contribution in [-0.2, 0) is 28.9 Å². The van der Waals surface area contributed by atoms with Crippen LogP contribution in [0.25, 0.3) is 0 Å². The molecule has 18 heavy (non-hydrogen) atoms. The molecule has 0 spiro atoms. The normalized spacial score (nSPS) is 13.2. The summed E-state index contributed by atoms with van der Waals surface area (Å²) in [5, 5.41) is 0. The van der Waals surface area contributed by atoms with E-state index in [-0.39, 0.29) is 17.1 Å². The molecule has 0 fully saturated rings. The third-order valence-electron chi connectivity index (χ3n) is 1.92. The molecule has 0 aromatic heterocycles. The molecule has 0 saturated carbocycles. The van der Waals surface area contributed by atoms with Crippen molar-refractivity contribution >= 4 is 28.9 Å². The van der Waals surface area contributed by atoms with E-state index in [1.807, 2.05) is 48.5 Å². The number of hydrogen-bond acceptors (Lipinski definition) is 4. The van der Waals surface area contributed by atoms with Crippen LogP contribution < -0.4 is 9.42 Å². The molecule has 0 heterocycles. The Morgan fingerprint density at radius 3 is 2.00 bits per heavy atom. The van der Waals surface area contributed by atoms with Crippen LogP contribution in [0.4, 0.5) is 0 Å². The maximum atomic E-state index is 12.1. The molecule has 0 bridgehead atoms. The predicted molar refractivity (Wildman–Crippen MR) is 73.7 cm³/mol. The maximum Gasteiger partial charge on any atom is 1.00 e. The molecule has 0 amide bonds. The van der Waals surface area contributed by atoms with E-state index in [2.05, 4.69) is 0 Å². The van der Waals surface area contributed by atoms with Gasteiger partial charge in [0.1, 0.15) is 11.4 Å². The van der Waals surface area contributed by atoms with Gasteiger partial charge in [-0.05, 0) is 24.3 Å². The predicted octanol–water partition coefficient (Wildman–Crippen LogP) is 3.44. The molecular weight excluding hydrogens is 335 g/mol. The van der Waals surface area contributed by atoms with Crippen molar-refractivity contribution in [1.82, 2.24) is 0 Å². The van der Waals surface area contributed by atoms with Gasteiger partial charge in [-0.2, -0.15) is 0 Å². The molecule has 2 aromatic carbocycles. The average molecular weight is 345 g/mol. The second kappa shape index (κ2) is 7.34. The van der Waals surface area contributed by atoms with Crippen LogP contribution in [0.15, 0.2) is 65.6 Å². The maximum absolute atomic E-state index is 12.1. The third-order valence-corrected chi connectivity index (χ3v) is 5.48. The van der Waals surface area contributed by atoms with Crippen molar-refractivity contribution in [3.8, 4) is 5.75 Å². The van der Waals surface area contributed by atoms with Crippen LogP contribution in [-0.4, -0.2) is 0 Å². The second-order valence-corrected chi connectivity index (χ2v) is 9.11. The Bertz CT molecular complexity index is 477. The molecule has 1 unspecified atom stereocenters. The zero-order valence-electron chi connectivity index (χ0n) is 9.16. The largest absolute Gasteiger partial charge is 1.00 e. The van der Waals surface area contributed by atoms with Crippen molar-refractivity contribution in [3.63, 3.8) is 0 Å². The third kappa shape index (κ3) is 5.15. The molecule has 2 aromatic rings. The van der Waals surface area contributed by atoms with E-state index in [0.29, 0.717) is 5.75 Å². The molecule has 2 nitrogen and oxygen atoms in total. The van der Waals surface area contributed by atoms with Gasteiger partial charge in [0.15, 0.2) is 0 Å². The van der Waals surface area contributed by atoms with Crippen molar-refractivity contribution in [2.45, 2.75) is 4.90 Å². The number of benzene rings is 2. The van der Waals surface area contributed by atoms with Crippen LogP contribution >= 0.6 is 17.1 Å². The number of rotatable bonds is 4. The first-order valence-corrected chi connectivity index (χ1v) is 9.02. The van der Waals surface area contributed by atoms with Crippen LogP contribution in [0.1, 0.15) is 0 Å². The van der Waals surface area contributed by atoms with Gasteiger partial charge in [0.25, 0.3) is 0 Å². The van der Waals surface area contributed by atoms with Gasteiger partial charge in [-0.3, -0.25) is 0 Å². The Morgan fingerprint density at radius 1 is 0.944 bits per heavy atom. The van der Waals surface area contributed by atoms with E-state index in [9.17, 15) is 4.89 Å². The van der Waals surface area contributed by atoms with E-state index >= 15 is 0 Å². The fourth-order valence-corrected chi connectivity index (χ4v) is 4.74. The monoisotopic (exact) mass is 344 g/mol. The SMILES string of the molecule is [Cu+].[O-]P(=S)(Oc1ccccc1)Sc1ccccc1. The standard InChI is InChI=1S/C12H11O2PS2.Cu/c13-15(16,14-11-7-3-1-4-8-11)17-12-9-5-2-6-10-12;/h1-10H,(H,13,16);/q;+1/p-1. The minimum atomic E-state index is -3.14. The Hall–Kier alpha value is -0.281. The first kappa shape index (κ1) is 15.8. The Balaban J connectivity index is 0.00000162. The van der Waals surface area contributed by atoms with Gasteiger partial charge >= 0.3 is 17.1 Å². The number of hydrogen-bond donors (Lipinski definition) is 0. The Kier molecular flexibility index (Phi) is 6.44. The average Bonchev–Trinajstić information content (AvgIpc) is 2.30. The fraction of sp³-hybridized carbons (Fsp3) is 0. The van der Waals surface area contributed by atoms with Gasteiger partial charge in [-0.1, -0.05) is 59.6 Å². The molecule has 0 N–H and O–H groups in total. The van der Waals surface area contributed by atoms with Crippen LogP contribution in [0.3, 0.4) is 0 Å². The molecule has 1 atom stereocenters. The van der Waals surface area contributed by atoms with Gasteiger partial charge in [-0.25, -0.2) is 0 Å². The van der Waals surface area contributed by atoms with Gasteiger partial charge in [0.2, 0.25) is 0 Å². The molecule has 0 radical (unpaired) electrons. The van der Waals surface area contributed by atoms with Crippen molar-refractivity contribution in [2.75, 3.05) is 0 Å². The summed E-state index contributed by atoms with van der Waals surface area (Å²) in [7, 11) is 0. The van der Waals surface area contributed by atoms with Crippen molar-refractivity contribution in [3.05, 3.63) is 60.7 Å². The number of para-hydroxylation sites is 1. The Labute approximate surface area is 126 Å².